The molecule has 5 nitrogen and oxygen atoms in total. The van der Waals surface area contributed by atoms with Gasteiger partial charge in [-0.1, -0.05) is 24.0 Å². The van der Waals surface area contributed by atoms with Gasteiger partial charge in [0.05, 0.1) is 16.3 Å². The van der Waals surface area contributed by atoms with E-state index in [0.29, 0.717) is 20.2 Å². The number of carbonyl (C=O) groups excluding carboxylic acids is 1. The fourth-order valence-electron chi connectivity index (χ4n) is 0.751. The number of H-pyrrole nitrogens is 1. The quantitative estimate of drug-likeness (QED) is 0.275. The standard InChI is InChI=1S/C6H8N4OS3/c7-2(8)1-13-5-3(4(9)11)6(12)14-10-5/h10H,1H2,(H3,7,8)(H2,9,11). The molecule has 1 aromatic rings. The first-order chi connectivity index (χ1) is 6.52. The number of primary amides is 1. The summed E-state index contributed by atoms with van der Waals surface area (Å²) >= 11 is 7.33. The van der Waals surface area contributed by atoms with Crippen molar-refractivity contribution in [2.75, 3.05) is 5.75 Å². The van der Waals surface area contributed by atoms with Gasteiger partial charge in [0, 0.05) is 0 Å². The molecule has 1 aromatic heterocycles. The molecule has 0 saturated heterocycles. The molecule has 0 atom stereocenters. The molecule has 0 aliphatic heterocycles. The zero-order chi connectivity index (χ0) is 10.7. The van der Waals surface area contributed by atoms with Crippen molar-refractivity contribution in [2.45, 2.75) is 5.03 Å². The van der Waals surface area contributed by atoms with Gasteiger partial charge < -0.3 is 15.8 Å². The van der Waals surface area contributed by atoms with Crippen LogP contribution in [0.2, 0.25) is 0 Å². The van der Waals surface area contributed by atoms with Gasteiger partial charge in [-0.15, -0.1) is 0 Å². The lowest BCUT2D eigenvalue weighted by molar-refractivity contribution is 0.0997. The lowest BCUT2D eigenvalue weighted by Gasteiger charge is -1.98. The number of aromatic amines is 1. The maximum absolute atomic E-state index is 11.0. The van der Waals surface area contributed by atoms with Crippen molar-refractivity contribution in [1.29, 1.82) is 5.41 Å². The summed E-state index contributed by atoms with van der Waals surface area (Å²) in [6.07, 6.45) is 0. The van der Waals surface area contributed by atoms with E-state index in [2.05, 4.69) is 4.37 Å². The summed E-state index contributed by atoms with van der Waals surface area (Å²) in [5.74, 6) is -0.211. The van der Waals surface area contributed by atoms with Crippen LogP contribution in [-0.2, 0) is 0 Å². The van der Waals surface area contributed by atoms with Crippen molar-refractivity contribution in [3.63, 3.8) is 0 Å². The first-order valence-electron chi connectivity index (χ1n) is 3.49. The van der Waals surface area contributed by atoms with Gasteiger partial charge in [-0.25, -0.2) is 0 Å². The van der Waals surface area contributed by atoms with E-state index in [0.717, 1.165) is 0 Å². The molecule has 14 heavy (non-hydrogen) atoms. The number of hydrogen-bond donors (Lipinski definition) is 4. The van der Waals surface area contributed by atoms with E-state index in [4.69, 9.17) is 29.1 Å². The number of carbonyl (C=O) groups is 1. The predicted octanol–water partition coefficient (Wildman–Crippen LogP) is 0.933. The highest BCUT2D eigenvalue weighted by molar-refractivity contribution is 8.00. The molecule has 0 spiro atoms. The summed E-state index contributed by atoms with van der Waals surface area (Å²) in [5.41, 5.74) is 10.6. The van der Waals surface area contributed by atoms with Crippen molar-refractivity contribution in [3.05, 3.63) is 9.39 Å². The van der Waals surface area contributed by atoms with Crippen LogP contribution in [0.5, 0.6) is 0 Å². The average molecular weight is 248 g/mol. The summed E-state index contributed by atoms with van der Waals surface area (Å²) in [4.78, 5) is 11.0. The first-order valence-corrected chi connectivity index (χ1v) is 5.70. The second-order valence-electron chi connectivity index (χ2n) is 2.37. The second-order valence-corrected chi connectivity index (χ2v) is 4.84. The van der Waals surface area contributed by atoms with Crippen LogP contribution >= 0.6 is 35.5 Å². The minimum atomic E-state index is -0.557. The van der Waals surface area contributed by atoms with E-state index in [-0.39, 0.29) is 5.84 Å². The second kappa shape index (κ2) is 4.58. The largest absolute Gasteiger partial charge is 0.387 e. The Kier molecular flexibility index (Phi) is 3.67. The van der Waals surface area contributed by atoms with Crippen LogP contribution in [0.1, 0.15) is 10.4 Å². The van der Waals surface area contributed by atoms with E-state index >= 15 is 0 Å². The minimum Gasteiger partial charge on any atom is -0.387 e. The highest BCUT2D eigenvalue weighted by Crippen LogP contribution is 2.24. The van der Waals surface area contributed by atoms with Crippen LogP contribution in [0, 0.1) is 9.23 Å². The molecule has 0 saturated carbocycles. The van der Waals surface area contributed by atoms with Crippen LogP contribution in [0.25, 0.3) is 0 Å². The van der Waals surface area contributed by atoms with E-state index in [1.165, 1.54) is 23.3 Å². The molecule has 0 aromatic carbocycles. The van der Waals surface area contributed by atoms with Gasteiger partial charge in [0.25, 0.3) is 5.91 Å². The Hall–Kier alpha value is -0.860. The molecule has 1 rings (SSSR count). The monoisotopic (exact) mass is 248 g/mol. The molecule has 1 heterocycles. The van der Waals surface area contributed by atoms with Crippen LogP contribution in [0.3, 0.4) is 0 Å². The van der Waals surface area contributed by atoms with Gasteiger partial charge in [0.1, 0.15) is 9.66 Å². The maximum atomic E-state index is 11.0. The smallest absolute Gasteiger partial charge is 0.253 e. The number of amidine groups is 1. The summed E-state index contributed by atoms with van der Waals surface area (Å²) in [6.45, 7) is 0. The molecule has 1 amide bonds. The Bertz CT molecular complexity index is 421. The summed E-state index contributed by atoms with van der Waals surface area (Å²) in [7, 11) is 0. The molecular formula is C6H8N4OS3. The third kappa shape index (κ3) is 2.56. The molecular weight excluding hydrogens is 240 g/mol. The SMILES string of the molecule is N=C(N)CSc1[nH]sc(=S)c1C(N)=O. The predicted molar refractivity (Wildman–Crippen MR) is 60.7 cm³/mol. The number of amides is 1. The van der Waals surface area contributed by atoms with E-state index in [1.54, 1.807) is 0 Å². The topological polar surface area (TPSA) is 109 Å². The third-order valence-corrected chi connectivity index (χ3v) is 3.62. The molecule has 0 bridgehead atoms. The van der Waals surface area contributed by atoms with Gasteiger partial charge in [0.15, 0.2) is 0 Å². The van der Waals surface area contributed by atoms with Crippen LogP contribution in [0.4, 0.5) is 0 Å². The van der Waals surface area contributed by atoms with Gasteiger partial charge in [-0.05, 0) is 11.5 Å². The van der Waals surface area contributed by atoms with Crippen LogP contribution in [0.15, 0.2) is 5.03 Å². The highest BCUT2D eigenvalue weighted by atomic mass is 32.2. The van der Waals surface area contributed by atoms with Crippen LogP contribution in [-0.4, -0.2) is 21.9 Å². The minimum absolute atomic E-state index is 0.0379. The number of nitrogens with two attached hydrogens (primary N) is 2. The molecule has 6 N–H and O–H groups in total. The highest BCUT2D eigenvalue weighted by Gasteiger charge is 2.13. The van der Waals surface area contributed by atoms with Gasteiger partial charge in [0.2, 0.25) is 0 Å². The lowest BCUT2D eigenvalue weighted by Crippen LogP contribution is -2.14. The van der Waals surface area contributed by atoms with Gasteiger partial charge in [-0.2, -0.15) is 0 Å². The van der Waals surface area contributed by atoms with Crippen molar-refractivity contribution >= 4 is 47.3 Å². The fraction of sp³-hybridized carbons (Fsp3) is 0.167. The number of aromatic nitrogens is 1. The van der Waals surface area contributed by atoms with Crippen molar-refractivity contribution in [2.24, 2.45) is 11.5 Å². The van der Waals surface area contributed by atoms with E-state index in [1.807, 2.05) is 0 Å². The molecule has 76 valence electrons. The van der Waals surface area contributed by atoms with E-state index in [9.17, 15) is 4.79 Å². The Labute approximate surface area is 93.5 Å². The molecule has 0 aliphatic rings. The maximum Gasteiger partial charge on any atom is 0.253 e. The number of hydrogen-bond acceptors (Lipinski definition) is 5. The van der Waals surface area contributed by atoms with Crippen molar-refractivity contribution in [1.82, 2.24) is 4.37 Å². The molecule has 0 fully saturated rings. The van der Waals surface area contributed by atoms with Crippen molar-refractivity contribution < 1.29 is 4.79 Å². The normalized spacial score (nSPS) is 10.0. The number of thioether (sulfide) groups is 1. The Morgan fingerprint density at radius 1 is 1.64 bits per heavy atom. The zero-order valence-corrected chi connectivity index (χ0v) is 9.44. The molecule has 0 radical (unpaired) electrons. The zero-order valence-electron chi connectivity index (χ0n) is 6.99. The Balaban J connectivity index is 2.92. The first kappa shape index (κ1) is 11.2. The lowest BCUT2D eigenvalue weighted by atomic mass is 10.4. The van der Waals surface area contributed by atoms with Gasteiger partial charge in [-0.3, -0.25) is 10.2 Å². The summed E-state index contributed by atoms with van der Waals surface area (Å²) in [5, 5.41) is 7.62. The van der Waals surface area contributed by atoms with Gasteiger partial charge >= 0.3 is 0 Å². The molecule has 0 aliphatic carbocycles. The number of nitrogens with one attached hydrogen (secondary N) is 2. The Morgan fingerprint density at radius 3 is 2.79 bits per heavy atom. The summed E-state index contributed by atoms with van der Waals surface area (Å²) in [6, 6.07) is 0. The van der Waals surface area contributed by atoms with Crippen LogP contribution < -0.4 is 11.5 Å². The molecule has 0 unspecified atom stereocenters. The van der Waals surface area contributed by atoms with Crippen molar-refractivity contribution in [3.8, 4) is 0 Å². The fourth-order valence-corrected chi connectivity index (χ4v) is 2.81. The summed E-state index contributed by atoms with van der Waals surface area (Å²) < 4.78 is 3.29. The average Bonchev–Trinajstić information content (AvgIpc) is 2.43. The Morgan fingerprint density at radius 2 is 2.29 bits per heavy atom. The van der Waals surface area contributed by atoms with E-state index < -0.39 is 5.91 Å². The third-order valence-electron chi connectivity index (χ3n) is 1.29. The molecule has 8 heteroatoms. The number of rotatable bonds is 4.